The first-order valence-electron chi connectivity index (χ1n) is 10.6. The van der Waals surface area contributed by atoms with Gasteiger partial charge in [-0.15, -0.1) is 0 Å². The van der Waals surface area contributed by atoms with Gasteiger partial charge in [-0.3, -0.25) is 9.97 Å². The van der Waals surface area contributed by atoms with E-state index in [0.717, 1.165) is 29.2 Å². The highest BCUT2D eigenvalue weighted by molar-refractivity contribution is 7.80. The van der Waals surface area contributed by atoms with Gasteiger partial charge in [0.15, 0.2) is 5.11 Å². The summed E-state index contributed by atoms with van der Waals surface area (Å²) < 4.78 is 41.9. The molecule has 5 nitrogen and oxygen atoms in total. The van der Waals surface area contributed by atoms with Crippen LogP contribution in [0.4, 0.5) is 13.2 Å². The highest BCUT2D eigenvalue weighted by Crippen LogP contribution is 2.40. The fraction of sp³-hybridized carbons (Fsp3) is 0.160. The summed E-state index contributed by atoms with van der Waals surface area (Å²) in [6, 6.07) is 19.7. The largest absolute Gasteiger partial charge is 0.416 e. The summed E-state index contributed by atoms with van der Waals surface area (Å²) in [7, 11) is 0. The van der Waals surface area contributed by atoms with Crippen LogP contribution >= 0.6 is 12.2 Å². The Morgan fingerprint density at radius 2 is 1.71 bits per heavy atom. The summed E-state index contributed by atoms with van der Waals surface area (Å²) in [4.78, 5) is 11.0. The summed E-state index contributed by atoms with van der Waals surface area (Å²) in [5, 5.41) is 3.90. The summed E-state index contributed by atoms with van der Waals surface area (Å²) in [5.41, 5.74) is 2.13. The van der Waals surface area contributed by atoms with Gasteiger partial charge in [-0.05, 0) is 66.8 Å². The third-order valence-corrected chi connectivity index (χ3v) is 6.14. The molecule has 1 aromatic carbocycles. The van der Waals surface area contributed by atoms with Crippen molar-refractivity contribution in [3.8, 4) is 5.69 Å². The van der Waals surface area contributed by atoms with Gasteiger partial charge >= 0.3 is 6.18 Å². The second-order valence-electron chi connectivity index (χ2n) is 7.93. The summed E-state index contributed by atoms with van der Waals surface area (Å²) in [6.07, 6.45) is 0.769. The molecule has 4 aromatic rings. The maximum atomic E-state index is 13.4. The minimum Gasteiger partial charge on any atom is -0.352 e. The van der Waals surface area contributed by atoms with E-state index in [1.165, 1.54) is 6.07 Å². The smallest absolute Gasteiger partial charge is 0.352 e. The van der Waals surface area contributed by atoms with Crippen LogP contribution in [0.3, 0.4) is 0 Å². The maximum Gasteiger partial charge on any atom is 0.416 e. The lowest BCUT2D eigenvalue weighted by molar-refractivity contribution is -0.137. The minimum atomic E-state index is -4.43. The van der Waals surface area contributed by atoms with Gasteiger partial charge in [0.05, 0.1) is 35.6 Å². The highest BCUT2D eigenvalue weighted by atomic mass is 32.1. The van der Waals surface area contributed by atoms with Crippen LogP contribution in [0.25, 0.3) is 5.69 Å². The van der Waals surface area contributed by atoms with Gasteiger partial charge in [-0.1, -0.05) is 18.2 Å². The van der Waals surface area contributed by atoms with E-state index >= 15 is 0 Å². The number of hydrogen-bond donors (Lipinski definition) is 1. The fourth-order valence-corrected chi connectivity index (χ4v) is 4.57. The Hall–Kier alpha value is -3.72. The van der Waals surface area contributed by atoms with E-state index in [4.69, 9.17) is 12.2 Å². The molecule has 0 spiro atoms. The van der Waals surface area contributed by atoms with Crippen LogP contribution in [0.2, 0.25) is 0 Å². The molecular weight excluding hydrogens is 459 g/mol. The molecule has 0 aliphatic carbocycles. The average Bonchev–Trinajstić information content (AvgIpc) is 3.45. The number of thiocarbonyl (C=S) groups is 1. The number of halogens is 3. The van der Waals surface area contributed by atoms with E-state index in [9.17, 15) is 13.2 Å². The quantitative estimate of drug-likeness (QED) is 0.385. The van der Waals surface area contributed by atoms with Crippen LogP contribution in [-0.4, -0.2) is 24.5 Å². The molecule has 3 aromatic heterocycles. The van der Waals surface area contributed by atoms with Gasteiger partial charge in [0.25, 0.3) is 0 Å². The molecule has 1 aliphatic rings. The molecule has 1 fully saturated rings. The zero-order valence-corrected chi connectivity index (χ0v) is 18.7. The summed E-state index contributed by atoms with van der Waals surface area (Å²) in [6.45, 7) is 0.439. The van der Waals surface area contributed by atoms with Crippen molar-refractivity contribution >= 4 is 17.3 Å². The molecule has 0 amide bonds. The topological polar surface area (TPSA) is 46.0 Å². The molecule has 34 heavy (non-hydrogen) atoms. The van der Waals surface area contributed by atoms with Crippen molar-refractivity contribution < 1.29 is 13.2 Å². The van der Waals surface area contributed by atoms with Crippen LogP contribution in [0.15, 0.2) is 91.4 Å². The lowest BCUT2D eigenvalue weighted by atomic mass is 10.0. The minimum absolute atomic E-state index is 0.295. The first-order valence-corrected chi connectivity index (χ1v) is 11.1. The van der Waals surface area contributed by atoms with Crippen molar-refractivity contribution in [1.29, 1.82) is 0 Å². The van der Waals surface area contributed by atoms with Crippen LogP contribution < -0.4 is 5.32 Å². The van der Waals surface area contributed by atoms with Crippen molar-refractivity contribution in [2.45, 2.75) is 24.8 Å². The van der Waals surface area contributed by atoms with E-state index in [1.807, 2.05) is 53.4 Å². The third-order valence-electron chi connectivity index (χ3n) is 5.79. The van der Waals surface area contributed by atoms with Crippen LogP contribution in [0.1, 0.15) is 34.7 Å². The molecule has 0 bridgehead atoms. The summed E-state index contributed by atoms with van der Waals surface area (Å²) >= 11 is 5.70. The van der Waals surface area contributed by atoms with E-state index < -0.39 is 11.7 Å². The van der Waals surface area contributed by atoms with Crippen molar-refractivity contribution in [2.24, 2.45) is 0 Å². The Balaban J connectivity index is 1.60. The molecule has 172 valence electrons. The second-order valence-corrected chi connectivity index (χ2v) is 8.31. The molecule has 4 heterocycles. The average molecular weight is 480 g/mol. The molecule has 0 saturated carbocycles. The molecule has 1 N–H and O–H groups in total. The Labute approximate surface area is 199 Å². The number of pyridine rings is 2. The van der Waals surface area contributed by atoms with E-state index in [2.05, 4.69) is 15.3 Å². The molecule has 0 radical (unpaired) electrons. The number of alkyl halides is 3. The van der Waals surface area contributed by atoms with Gasteiger partial charge in [-0.25, -0.2) is 0 Å². The molecular formula is C25H20F3N5S. The lowest BCUT2D eigenvalue weighted by Gasteiger charge is -2.28. The maximum absolute atomic E-state index is 13.4. The Morgan fingerprint density at radius 3 is 2.41 bits per heavy atom. The van der Waals surface area contributed by atoms with Gasteiger partial charge in [0, 0.05) is 30.0 Å². The number of nitrogens with one attached hydrogen (secondary N) is 1. The zero-order chi connectivity index (χ0) is 23.7. The number of aromatic nitrogens is 3. The Kier molecular flexibility index (Phi) is 5.79. The van der Waals surface area contributed by atoms with Crippen LogP contribution in [0.5, 0.6) is 0 Å². The number of hydrogen-bond acceptors (Lipinski definition) is 3. The lowest BCUT2D eigenvalue weighted by Crippen LogP contribution is -2.30. The number of nitrogens with zero attached hydrogens (tertiary/aromatic N) is 4. The van der Waals surface area contributed by atoms with Crippen molar-refractivity contribution in [2.75, 3.05) is 0 Å². The molecule has 1 saturated heterocycles. The van der Waals surface area contributed by atoms with Gasteiger partial charge in [0.2, 0.25) is 0 Å². The van der Waals surface area contributed by atoms with E-state index in [1.54, 1.807) is 29.2 Å². The highest BCUT2D eigenvalue weighted by Gasteiger charge is 2.41. The Bertz CT molecular complexity index is 1290. The number of benzene rings is 1. The van der Waals surface area contributed by atoms with Crippen molar-refractivity contribution in [3.63, 3.8) is 0 Å². The standard InChI is InChI=1S/C25H20F3N5S/c26-25(27,28)17-7-5-9-19(15-17)32-14-6-11-21(32)23-22(20-10-2-4-13-30-20)31-24(34)33(23)16-18-8-1-3-12-29-18/h1-15,22-23H,16H2,(H,31,34)/t22-,23-/m0/s1. The summed E-state index contributed by atoms with van der Waals surface area (Å²) in [5.74, 6) is 0. The van der Waals surface area contributed by atoms with Crippen LogP contribution in [0, 0.1) is 0 Å². The SMILES string of the molecule is FC(F)(F)c1cccc(-n2cccc2[C@H]2[C@H](c3ccccn3)NC(=S)N2Cc2ccccn2)c1. The monoisotopic (exact) mass is 479 g/mol. The molecule has 9 heteroatoms. The predicted octanol–water partition coefficient (Wildman–Crippen LogP) is 5.46. The van der Waals surface area contributed by atoms with E-state index in [0.29, 0.717) is 17.3 Å². The Morgan fingerprint density at radius 1 is 0.912 bits per heavy atom. The molecule has 1 aliphatic heterocycles. The van der Waals surface area contributed by atoms with Crippen LogP contribution in [-0.2, 0) is 12.7 Å². The third kappa shape index (κ3) is 4.26. The fourth-order valence-electron chi connectivity index (χ4n) is 4.27. The predicted molar refractivity (Wildman–Crippen MR) is 126 cm³/mol. The van der Waals surface area contributed by atoms with Crippen molar-refractivity contribution in [1.82, 2.24) is 24.8 Å². The first-order chi connectivity index (χ1) is 16.4. The van der Waals surface area contributed by atoms with Gasteiger partial charge in [0.1, 0.15) is 0 Å². The van der Waals surface area contributed by atoms with Crippen molar-refractivity contribution in [3.05, 3.63) is 114 Å². The molecule has 2 atom stereocenters. The number of rotatable bonds is 5. The first kappa shape index (κ1) is 22.1. The van der Waals surface area contributed by atoms with Gasteiger partial charge in [-0.2, -0.15) is 13.2 Å². The second kappa shape index (κ2) is 8.90. The van der Waals surface area contributed by atoms with E-state index in [-0.39, 0.29) is 12.1 Å². The molecule has 0 unspecified atom stereocenters. The normalized spacial score (nSPS) is 18.2. The van der Waals surface area contributed by atoms with Gasteiger partial charge < -0.3 is 14.8 Å². The zero-order valence-electron chi connectivity index (χ0n) is 17.9. The molecule has 5 rings (SSSR count).